The molecule has 1 aliphatic carbocycles. The van der Waals surface area contributed by atoms with E-state index >= 15 is 0 Å². The predicted octanol–water partition coefficient (Wildman–Crippen LogP) is 2.81. The Bertz CT molecular complexity index is 976. The van der Waals surface area contributed by atoms with Crippen molar-refractivity contribution in [1.82, 2.24) is 20.2 Å². The number of para-hydroxylation sites is 1. The summed E-state index contributed by atoms with van der Waals surface area (Å²) < 4.78 is 16.4. The number of hydrogen-bond donors (Lipinski definition) is 1. The van der Waals surface area contributed by atoms with E-state index in [4.69, 9.17) is 0 Å². The third-order valence-electron chi connectivity index (χ3n) is 6.84. The second kappa shape index (κ2) is 9.14. The molecule has 3 aromatic rings. The average Bonchev–Trinajstić information content (AvgIpc) is 3.31. The molecular formula is C24H30FN6+. The largest absolute Gasteiger partial charge is 0.358 e. The molecule has 1 saturated carbocycles. The van der Waals surface area contributed by atoms with Gasteiger partial charge < -0.3 is 9.80 Å². The van der Waals surface area contributed by atoms with Crippen LogP contribution >= 0.6 is 0 Å². The van der Waals surface area contributed by atoms with Gasteiger partial charge in [-0.2, -0.15) is 0 Å². The van der Waals surface area contributed by atoms with E-state index < -0.39 is 0 Å². The number of anilines is 1. The topological polar surface area (TPSA) is 51.3 Å². The van der Waals surface area contributed by atoms with Crippen molar-refractivity contribution in [3.63, 3.8) is 0 Å². The number of nitrogens with zero attached hydrogens (tertiary/aromatic N) is 5. The lowest BCUT2D eigenvalue weighted by Gasteiger charge is -2.37. The van der Waals surface area contributed by atoms with Gasteiger partial charge in [0.2, 0.25) is 5.82 Å². The number of nitrogens with one attached hydrogen (secondary N) is 1. The molecule has 0 amide bonds. The number of rotatable bonds is 5. The summed E-state index contributed by atoms with van der Waals surface area (Å²) in [6.07, 6.45) is 6.09. The van der Waals surface area contributed by atoms with E-state index in [1.165, 1.54) is 29.7 Å². The van der Waals surface area contributed by atoms with Crippen LogP contribution in [-0.4, -0.2) is 46.4 Å². The van der Waals surface area contributed by atoms with Crippen LogP contribution in [0.1, 0.15) is 55.6 Å². The Morgan fingerprint density at radius 1 is 0.903 bits per heavy atom. The molecule has 1 aliphatic heterocycles. The summed E-state index contributed by atoms with van der Waals surface area (Å²) in [5.74, 6) is 0.819. The van der Waals surface area contributed by atoms with Crippen molar-refractivity contribution >= 4 is 5.69 Å². The molecule has 0 radical (unpaired) electrons. The molecule has 0 bridgehead atoms. The van der Waals surface area contributed by atoms with Gasteiger partial charge in [-0.15, -0.1) is 5.10 Å². The first-order valence-electron chi connectivity index (χ1n) is 11.5. The van der Waals surface area contributed by atoms with Gasteiger partial charge in [0, 0.05) is 5.56 Å². The Morgan fingerprint density at radius 3 is 2.35 bits per heavy atom. The Balaban J connectivity index is 1.41. The second-order valence-corrected chi connectivity index (χ2v) is 8.71. The molecule has 31 heavy (non-hydrogen) atoms. The lowest BCUT2D eigenvalue weighted by atomic mass is 9.95. The summed E-state index contributed by atoms with van der Waals surface area (Å²) in [7, 11) is 0. The van der Waals surface area contributed by atoms with Gasteiger partial charge in [-0.25, -0.2) is 9.07 Å². The molecule has 1 N–H and O–H groups in total. The molecule has 0 unspecified atom stereocenters. The molecule has 7 heteroatoms. The summed E-state index contributed by atoms with van der Waals surface area (Å²) in [6, 6.07) is 18.1. The van der Waals surface area contributed by atoms with E-state index in [9.17, 15) is 4.39 Å². The standard InChI is InChI=1S/C24H29FN6/c25-21-13-7-8-14-22(21)29-15-17-30(18-16-29)23(19-9-3-1-4-10-19)24-26-27-28-31(24)20-11-5-2-6-12-20/h1,3-4,7-10,13-14,20,23H,2,5-6,11-12,15-18H2/p+1/t23-/m1/s1. The van der Waals surface area contributed by atoms with Gasteiger partial charge in [0.25, 0.3) is 0 Å². The average molecular weight is 422 g/mol. The Labute approximate surface area is 182 Å². The number of benzene rings is 2. The minimum atomic E-state index is -0.146. The van der Waals surface area contributed by atoms with E-state index in [0.29, 0.717) is 11.7 Å². The highest BCUT2D eigenvalue weighted by Crippen LogP contribution is 2.30. The van der Waals surface area contributed by atoms with Gasteiger partial charge >= 0.3 is 0 Å². The molecule has 2 aromatic carbocycles. The first-order valence-corrected chi connectivity index (χ1v) is 11.5. The van der Waals surface area contributed by atoms with Crippen LogP contribution in [0.4, 0.5) is 10.1 Å². The third-order valence-corrected chi connectivity index (χ3v) is 6.84. The Hall–Kier alpha value is -2.80. The summed E-state index contributed by atoms with van der Waals surface area (Å²) in [5, 5.41) is 13.1. The number of piperazine rings is 1. The van der Waals surface area contributed by atoms with E-state index in [0.717, 1.165) is 44.8 Å². The maximum absolute atomic E-state index is 14.3. The maximum Gasteiger partial charge on any atom is 0.214 e. The van der Waals surface area contributed by atoms with E-state index in [1.54, 1.807) is 12.1 Å². The van der Waals surface area contributed by atoms with Crippen LogP contribution in [-0.2, 0) is 0 Å². The third kappa shape index (κ3) is 4.19. The summed E-state index contributed by atoms with van der Waals surface area (Å²) in [5.41, 5.74) is 1.94. The molecular weight excluding hydrogens is 391 g/mol. The second-order valence-electron chi connectivity index (χ2n) is 8.71. The molecule has 6 nitrogen and oxygen atoms in total. The van der Waals surface area contributed by atoms with Gasteiger partial charge in [-0.3, -0.25) is 0 Å². The van der Waals surface area contributed by atoms with Crippen LogP contribution in [0, 0.1) is 5.82 Å². The van der Waals surface area contributed by atoms with E-state index in [2.05, 4.69) is 55.4 Å². The molecule has 2 fully saturated rings. The zero-order valence-corrected chi connectivity index (χ0v) is 17.8. The molecule has 2 heterocycles. The first-order chi connectivity index (χ1) is 15.3. The monoisotopic (exact) mass is 421 g/mol. The molecule has 1 atom stereocenters. The van der Waals surface area contributed by atoms with Crippen molar-refractivity contribution in [2.75, 3.05) is 31.1 Å². The maximum atomic E-state index is 14.3. The van der Waals surface area contributed by atoms with E-state index in [-0.39, 0.29) is 11.9 Å². The summed E-state index contributed by atoms with van der Waals surface area (Å²) in [4.78, 5) is 3.59. The minimum absolute atomic E-state index is 0.0842. The number of aromatic nitrogens is 4. The van der Waals surface area contributed by atoms with E-state index in [1.807, 2.05) is 12.1 Å². The zero-order valence-electron chi connectivity index (χ0n) is 17.8. The van der Waals surface area contributed by atoms with Gasteiger partial charge in [0.05, 0.1) is 37.9 Å². The SMILES string of the molecule is Fc1ccccc1N1CC[NH+]([C@H](c2ccccc2)c2nnnn2C2CCCCC2)CC1. The molecule has 162 valence electrons. The van der Waals surface area contributed by atoms with Crippen LogP contribution in [0.2, 0.25) is 0 Å². The fourth-order valence-corrected chi connectivity index (χ4v) is 5.22. The Kier molecular flexibility index (Phi) is 5.93. The highest BCUT2D eigenvalue weighted by atomic mass is 19.1. The van der Waals surface area contributed by atoms with Crippen LogP contribution in [0.15, 0.2) is 54.6 Å². The number of halogens is 1. The number of hydrogen-bond acceptors (Lipinski definition) is 4. The normalized spacial score (nSPS) is 19.5. The molecule has 2 aliphatic rings. The van der Waals surface area contributed by atoms with Crippen molar-refractivity contribution in [1.29, 1.82) is 0 Å². The van der Waals surface area contributed by atoms with Gasteiger partial charge in [-0.1, -0.05) is 61.7 Å². The zero-order chi connectivity index (χ0) is 21.0. The Morgan fingerprint density at radius 2 is 1.61 bits per heavy atom. The summed E-state index contributed by atoms with van der Waals surface area (Å²) in [6.45, 7) is 3.44. The predicted molar refractivity (Wildman–Crippen MR) is 118 cm³/mol. The van der Waals surface area contributed by atoms with Gasteiger partial charge in [0.1, 0.15) is 5.82 Å². The van der Waals surface area contributed by atoms with Crippen LogP contribution in [0.5, 0.6) is 0 Å². The van der Waals surface area contributed by atoms with Crippen molar-refractivity contribution < 1.29 is 9.29 Å². The highest BCUT2D eigenvalue weighted by Gasteiger charge is 2.36. The summed E-state index contributed by atoms with van der Waals surface area (Å²) >= 11 is 0. The molecule has 0 spiro atoms. The van der Waals surface area contributed by atoms with Crippen molar-refractivity contribution in [3.8, 4) is 0 Å². The highest BCUT2D eigenvalue weighted by molar-refractivity contribution is 5.47. The number of quaternary nitrogens is 1. The lowest BCUT2D eigenvalue weighted by molar-refractivity contribution is -0.927. The molecule has 5 rings (SSSR count). The smallest absolute Gasteiger partial charge is 0.214 e. The fraction of sp³-hybridized carbons (Fsp3) is 0.458. The van der Waals surface area contributed by atoms with Crippen molar-refractivity contribution in [2.45, 2.75) is 44.2 Å². The van der Waals surface area contributed by atoms with Gasteiger partial charge in [-0.05, 0) is 35.4 Å². The van der Waals surface area contributed by atoms with Crippen LogP contribution < -0.4 is 9.80 Å². The van der Waals surface area contributed by atoms with Gasteiger partial charge in [0.15, 0.2) is 6.04 Å². The fourth-order valence-electron chi connectivity index (χ4n) is 5.22. The molecule has 1 aromatic heterocycles. The van der Waals surface area contributed by atoms with Crippen molar-refractivity contribution in [3.05, 3.63) is 71.8 Å². The van der Waals surface area contributed by atoms with Crippen LogP contribution in [0.3, 0.4) is 0 Å². The molecule has 1 saturated heterocycles. The number of tetrazole rings is 1. The van der Waals surface area contributed by atoms with Crippen LogP contribution in [0.25, 0.3) is 0 Å². The first kappa shape index (κ1) is 20.1. The van der Waals surface area contributed by atoms with Crippen molar-refractivity contribution in [2.24, 2.45) is 0 Å². The quantitative estimate of drug-likeness (QED) is 0.688. The lowest BCUT2D eigenvalue weighted by Crippen LogP contribution is -3.15. The minimum Gasteiger partial charge on any atom is -0.358 e.